The van der Waals surface area contributed by atoms with Gasteiger partial charge in [0, 0.05) is 21.5 Å². The maximum Gasteiger partial charge on any atom is 0.135 e. The van der Waals surface area contributed by atoms with Crippen molar-refractivity contribution in [2.75, 3.05) is 0 Å². The third-order valence-electron chi connectivity index (χ3n) is 17.5. The maximum absolute atomic E-state index is 6.36. The van der Waals surface area contributed by atoms with E-state index in [4.69, 9.17) is 8.83 Å². The van der Waals surface area contributed by atoms with Crippen LogP contribution in [0, 0.1) is 0 Å². The molecule has 2 aromatic heterocycles. The van der Waals surface area contributed by atoms with Gasteiger partial charge in [-0.1, -0.05) is 261 Å². The molecule has 0 saturated heterocycles. The van der Waals surface area contributed by atoms with Crippen molar-refractivity contribution in [1.29, 1.82) is 0 Å². The molecule has 0 saturated carbocycles. The highest BCUT2D eigenvalue weighted by molar-refractivity contribution is 6.25. The van der Waals surface area contributed by atoms with Gasteiger partial charge in [0.05, 0.1) is 0 Å². The first-order valence-electron chi connectivity index (χ1n) is 28.9. The zero-order chi connectivity index (χ0) is 55.2. The molecule has 0 atom stereocenters. The third-order valence-corrected chi connectivity index (χ3v) is 17.5. The van der Waals surface area contributed by atoms with Crippen molar-refractivity contribution in [2.24, 2.45) is 0 Å². The molecule has 15 aromatic carbocycles. The van der Waals surface area contributed by atoms with Crippen LogP contribution < -0.4 is 0 Å². The van der Waals surface area contributed by atoms with Crippen molar-refractivity contribution in [3.63, 3.8) is 0 Å². The molecule has 2 heteroatoms. The SMILES string of the molecule is c1ccc(-c2ccc(-c3ccc(-c4c5ccccc5c(-c5ccc6oc7ccccc7c6c5)c5ccc(-c6ccc(-c7ccccc7-c7c8ccccc8c(-c8ccc9oc%10ccccc%10c9c8)c8ccccc78)cc6)cc45)cc3)cc2)cc1. The fraction of sp³-hybridized carbons (Fsp3) is 0. The molecule has 2 nitrogen and oxygen atoms in total. The molecular weight excluding hydrogens is 1020 g/mol. The molecule has 0 fully saturated rings. The molecule has 2 heterocycles. The summed E-state index contributed by atoms with van der Waals surface area (Å²) in [5, 5.41) is 14.2. The number of fused-ring (bicyclic) bond motifs is 10. The van der Waals surface area contributed by atoms with E-state index in [1.54, 1.807) is 0 Å². The predicted molar refractivity (Wildman–Crippen MR) is 355 cm³/mol. The van der Waals surface area contributed by atoms with E-state index < -0.39 is 0 Å². The highest BCUT2D eigenvalue weighted by Crippen LogP contribution is 2.49. The van der Waals surface area contributed by atoms with E-state index in [9.17, 15) is 0 Å². The van der Waals surface area contributed by atoms with Gasteiger partial charge in [-0.25, -0.2) is 0 Å². The van der Waals surface area contributed by atoms with Gasteiger partial charge in [0.25, 0.3) is 0 Å². The number of hydrogen-bond donors (Lipinski definition) is 0. The number of rotatable bonds is 8. The topological polar surface area (TPSA) is 26.3 Å². The predicted octanol–water partition coefficient (Wildman–Crippen LogP) is 23.4. The third kappa shape index (κ3) is 7.73. The Balaban J connectivity index is 0.799. The highest BCUT2D eigenvalue weighted by Gasteiger charge is 2.22. The Labute approximate surface area is 485 Å². The number of benzene rings is 15. The Morgan fingerprint density at radius 1 is 0.143 bits per heavy atom. The van der Waals surface area contributed by atoms with Gasteiger partial charge in [0.15, 0.2) is 0 Å². The Hall–Kier alpha value is -11.1. The van der Waals surface area contributed by atoms with Crippen LogP contribution in [0.1, 0.15) is 0 Å². The van der Waals surface area contributed by atoms with E-state index in [1.807, 2.05) is 12.1 Å². The number of hydrogen-bond acceptors (Lipinski definition) is 2. The van der Waals surface area contributed by atoms with Gasteiger partial charge in [-0.05, 0) is 175 Å². The molecule has 0 radical (unpaired) electrons. The largest absolute Gasteiger partial charge is 0.456 e. The van der Waals surface area contributed by atoms with Crippen LogP contribution in [0.5, 0.6) is 0 Å². The summed E-state index contributed by atoms with van der Waals surface area (Å²) in [6.07, 6.45) is 0. The number of furan rings is 2. The number of para-hydroxylation sites is 2. The summed E-state index contributed by atoms with van der Waals surface area (Å²) in [7, 11) is 0. The van der Waals surface area contributed by atoms with Gasteiger partial charge in [0.2, 0.25) is 0 Å². The lowest BCUT2D eigenvalue weighted by Crippen LogP contribution is -1.93. The second kappa shape index (κ2) is 19.3. The van der Waals surface area contributed by atoms with Crippen LogP contribution >= 0.6 is 0 Å². The highest BCUT2D eigenvalue weighted by atomic mass is 16.3. The minimum atomic E-state index is 0.890. The Kier molecular flexibility index (Phi) is 11.0. The lowest BCUT2D eigenvalue weighted by Gasteiger charge is -2.20. The summed E-state index contributed by atoms with van der Waals surface area (Å²) in [5.74, 6) is 0. The van der Waals surface area contributed by atoms with Crippen molar-refractivity contribution in [2.45, 2.75) is 0 Å². The summed E-state index contributed by atoms with van der Waals surface area (Å²) >= 11 is 0. The average molecular weight is 1070 g/mol. The maximum atomic E-state index is 6.36. The summed E-state index contributed by atoms with van der Waals surface area (Å²) in [6, 6.07) is 111. The van der Waals surface area contributed by atoms with Crippen molar-refractivity contribution in [3.8, 4) is 89.0 Å². The minimum absolute atomic E-state index is 0.890. The molecule has 0 unspecified atom stereocenters. The first-order chi connectivity index (χ1) is 41.6. The second-order valence-corrected chi connectivity index (χ2v) is 22.2. The first kappa shape index (κ1) is 47.7. The molecule has 84 heavy (non-hydrogen) atoms. The van der Waals surface area contributed by atoms with Crippen LogP contribution in [0.25, 0.3) is 176 Å². The molecule has 0 N–H and O–H groups in total. The summed E-state index contributed by atoms with van der Waals surface area (Å²) in [4.78, 5) is 0. The Bertz CT molecular complexity index is 5390. The van der Waals surface area contributed by atoms with Gasteiger partial charge in [-0.2, -0.15) is 0 Å². The van der Waals surface area contributed by atoms with Crippen LogP contribution in [0.3, 0.4) is 0 Å². The Morgan fingerprint density at radius 3 is 0.929 bits per heavy atom. The van der Waals surface area contributed by atoms with Crippen LogP contribution in [0.15, 0.2) is 312 Å². The summed E-state index contributed by atoms with van der Waals surface area (Å²) in [5.41, 5.74) is 22.7. The first-order valence-corrected chi connectivity index (χ1v) is 28.9. The summed E-state index contributed by atoms with van der Waals surface area (Å²) in [6.45, 7) is 0. The quantitative estimate of drug-likeness (QED) is 0.142. The van der Waals surface area contributed by atoms with Gasteiger partial charge < -0.3 is 8.83 Å². The fourth-order valence-corrected chi connectivity index (χ4v) is 13.6. The van der Waals surface area contributed by atoms with Gasteiger partial charge in [-0.15, -0.1) is 0 Å². The molecule has 0 aliphatic heterocycles. The zero-order valence-corrected chi connectivity index (χ0v) is 45.7. The van der Waals surface area contributed by atoms with E-state index in [1.165, 1.54) is 110 Å². The lowest BCUT2D eigenvalue weighted by atomic mass is 9.83. The van der Waals surface area contributed by atoms with E-state index in [-0.39, 0.29) is 0 Å². The molecule has 17 rings (SSSR count). The van der Waals surface area contributed by atoms with E-state index in [2.05, 4.69) is 291 Å². The second-order valence-electron chi connectivity index (χ2n) is 22.2. The molecule has 0 aliphatic rings. The van der Waals surface area contributed by atoms with Crippen molar-refractivity contribution < 1.29 is 8.83 Å². The van der Waals surface area contributed by atoms with Gasteiger partial charge in [0.1, 0.15) is 22.3 Å². The van der Waals surface area contributed by atoms with Gasteiger partial charge in [-0.3, -0.25) is 0 Å². The zero-order valence-electron chi connectivity index (χ0n) is 45.7. The smallest absolute Gasteiger partial charge is 0.135 e. The van der Waals surface area contributed by atoms with Crippen LogP contribution in [-0.4, -0.2) is 0 Å². The minimum Gasteiger partial charge on any atom is -0.456 e. The van der Waals surface area contributed by atoms with Crippen LogP contribution in [0.4, 0.5) is 0 Å². The van der Waals surface area contributed by atoms with Crippen molar-refractivity contribution >= 4 is 87.0 Å². The molecule has 0 bridgehead atoms. The molecule has 390 valence electrons. The summed E-state index contributed by atoms with van der Waals surface area (Å²) < 4.78 is 12.7. The van der Waals surface area contributed by atoms with Gasteiger partial charge >= 0.3 is 0 Å². The molecular formula is C82H50O2. The standard InChI is InChI=1S/C82H50O2/c1-2-16-51(17-3-1)52-30-32-53(33-31-52)54-36-40-57(41-37-54)79-65-22-6-7-23-66(65)81(60-44-47-78-73(50-60)63-20-13-15-29-76(63)84-78)71-45-42-58(48-74(71)79)55-34-38-56(39-35-55)61-18-4-5-21-64(61)82-69-26-10-8-24-67(69)80(68-25-9-11-27-70(68)82)59-43-46-77-72(49-59)62-19-12-14-28-75(62)83-77/h1-50H. The fourth-order valence-electron chi connectivity index (χ4n) is 13.6. The molecule has 0 amide bonds. The monoisotopic (exact) mass is 1070 g/mol. The van der Waals surface area contributed by atoms with E-state index in [0.29, 0.717) is 0 Å². The normalized spacial score (nSPS) is 11.8. The Morgan fingerprint density at radius 2 is 0.440 bits per heavy atom. The lowest BCUT2D eigenvalue weighted by molar-refractivity contribution is 0.668. The van der Waals surface area contributed by atoms with E-state index in [0.717, 1.165) is 66.1 Å². The molecule has 0 aliphatic carbocycles. The average Bonchev–Trinajstić information content (AvgIpc) is 3.20. The molecule has 0 spiro atoms. The van der Waals surface area contributed by atoms with Crippen LogP contribution in [-0.2, 0) is 0 Å². The molecule has 17 aromatic rings. The van der Waals surface area contributed by atoms with Crippen molar-refractivity contribution in [3.05, 3.63) is 303 Å². The van der Waals surface area contributed by atoms with E-state index >= 15 is 0 Å². The van der Waals surface area contributed by atoms with Crippen molar-refractivity contribution in [1.82, 2.24) is 0 Å². The van der Waals surface area contributed by atoms with Crippen LogP contribution in [0.2, 0.25) is 0 Å².